The number of furan rings is 1. The van der Waals surface area contributed by atoms with Gasteiger partial charge in [0.15, 0.2) is 0 Å². The number of hydrogen-bond donors (Lipinski definition) is 2. The number of hydrogen-bond acceptors (Lipinski definition) is 5. The van der Waals surface area contributed by atoms with Gasteiger partial charge in [-0.2, -0.15) is 0 Å². The van der Waals surface area contributed by atoms with E-state index < -0.39 is 0 Å². The Hall–Kier alpha value is -3.61. The number of pyridine rings is 1. The van der Waals surface area contributed by atoms with Crippen molar-refractivity contribution in [2.24, 2.45) is 0 Å². The molecule has 2 amide bonds. The molecule has 2 aromatic heterocycles. The van der Waals surface area contributed by atoms with Gasteiger partial charge >= 0.3 is 0 Å². The third-order valence-corrected chi connectivity index (χ3v) is 4.86. The normalized spacial score (nSPS) is 13.3. The largest absolute Gasteiger partial charge is 0.467 e. The molecule has 0 radical (unpaired) electrons. The Morgan fingerprint density at radius 1 is 1.00 bits per heavy atom. The van der Waals surface area contributed by atoms with E-state index >= 15 is 0 Å². The first-order chi connectivity index (χ1) is 14.2. The van der Waals surface area contributed by atoms with Crippen LogP contribution in [0.3, 0.4) is 0 Å². The molecule has 0 atom stereocenters. The maximum Gasteiger partial charge on any atom is 0.257 e. The van der Waals surface area contributed by atoms with Crippen molar-refractivity contribution in [1.29, 1.82) is 0 Å². The number of nitrogens with zero attached hydrogens (tertiary/aromatic N) is 2. The third-order valence-electron chi connectivity index (χ3n) is 4.86. The number of amides is 2. The van der Waals surface area contributed by atoms with Gasteiger partial charge in [-0.1, -0.05) is 0 Å². The molecule has 1 fully saturated rings. The zero-order valence-corrected chi connectivity index (χ0v) is 15.9. The lowest BCUT2D eigenvalue weighted by Crippen LogP contribution is -2.23. The van der Waals surface area contributed by atoms with Crippen molar-refractivity contribution in [3.63, 3.8) is 0 Å². The molecule has 148 valence electrons. The fourth-order valence-electron chi connectivity index (χ4n) is 3.31. The van der Waals surface area contributed by atoms with Crippen LogP contribution in [0.4, 0.5) is 11.4 Å². The molecule has 3 aromatic rings. The van der Waals surface area contributed by atoms with Crippen LogP contribution in [0, 0.1) is 0 Å². The first kappa shape index (κ1) is 18.7. The molecular weight excluding hydrogens is 368 g/mol. The Morgan fingerprint density at radius 3 is 2.41 bits per heavy atom. The van der Waals surface area contributed by atoms with E-state index in [-0.39, 0.29) is 18.4 Å². The van der Waals surface area contributed by atoms with Crippen LogP contribution >= 0.6 is 0 Å². The molecule has 0 spiro atoms. The van der Waals surface area contributed by atoms with Crippen molar-refractivity contribution in [2.75, 3.05) is 23.3 Å². The first-order valence-corrected chi connectivity index (χ1v) is 9.61. The Morgan fingerprint density at radius 2 is 1.72 bits per heavy atom. The summed E-state index contributed by atoms with van der Waals surface area (Å²) in [6.07, 6.45) is 6.86. The molecule has 1 saturated heterocycles. The minimum Gasteiger partial charge on any atom is -0.467 e. The highest BCUT2D eigenvalue weighted by atomic mass is 16.3. The van der Waals surface area contributed by atoms with Gasteiger partial charge in [0, 0.05) is 36.9 Å². The van der Waals surface area contributed by atoms with E-state index in [1.165, 1.54) is 31.3 Å². The van der Waals surface area contributed by atoms with Crippen LogP contribution in [-0.4, -0.2) is 29.9 Å². The summed E-state index contributed by atoms with van der Waals surface area (Å²) >= 11 is 0. The Labute approximate surface area is 168 Å². The summed E-state index contributed by atoms with van der Waals surface area (Å²) in [4.78, 5) is 31.2. The van der Waals surface area contributed by atoms with Crippen LogP contribution in [0.2, 0.25) is 0 Å². The number of nitrogens with one attached hydrogen (secondary N) is 2. The average molecular weight is 390 g/mol. The summed E-state index contributed by atoms with van der Waals surface area (Å²) in [5.74, 6) is 0.0169. The maximum absolute atomic E-state index is 12.6. The van der Waals surface area contributed by atoms with Crippen LogP contribution in [0.15, 0.2) is 65.5 Å². The van der Waals surface area contributed by atoms with Crippen molar-refractivity contribution in [2.45, 2.75) is 19.4 Å². The number of rotatable bonds is 6. The standard InChI is InChI=1S/C22H22N4O3/c27-21(24-15-20-4-3-11-29-20)16-12-17(14-23-13-16)22(28)25-18-5-7-19(8-6-18)26-9-1-2-10-26/h3-8,11-14H,1-2,9-10,15H2,(H,24,27)(H,25,28). The first-order valence-electron chi connectivity index (χ1n) is 9.61. The van der Waals surface area contributed by atoms with E-state index in [0.29, 0.717) is 22.6 Å². The third kappa shape index (κ3) is 4.63. The average Bonchev–Trinajstić information content (AvgIpc) is 3.47. The van der Waals surface area contributed by atoms with E-state index in [2.05, 4.69) is 20.5 Å². The van der Waals surface area contributed by atoms with Gasteiger partial charge in [0.25, 0.3) is 11.8 Å². The summed E-state index contributed by atoms with van der Waals surface area (Å²) in [6, 6.07) is 12.9. The van der Waals surface area contributed by atoms with Crippen molar-refractivity contribution in [1.82, 2.24) is 10.3 Å². The highest BCUT2D eigenvalue weighted by Crippen LogP contribution is 2.22. The number of carbonyl (C=O) groups is 2. The van der Waals surface area contributed by atoms with Gasteiger partial charge in [0.1, 0.15) is 5.76 Å². The molecular formula is C22H22N4O3. The predicted molar refractivity (Wildman–Crippen MR) is 110 cm³/mol. The lowest BCUT2D eigenvalue weighted by Gasteiger charge is -2.17. The van der Waals surface area contributed by atoms with E-state index in [4.69, 9.17) is 4.42 Å². The smallest absolute Gasteiger partial charge is 0.257 e. The molecule has 0 saturated carbocycles. The molecule has 1 aliphatic heterocycles. The molecule has 29 heavy (non-hydrogen) atoms. The van der Waals surface area contributed by atoms with Gasteiger partial charge in [-0.3, -0.25) is 14.6 Å². The minimum atomic E-state index is -0.321. The highest BCUT2D eigenvalue weighted by Gasteiger charge is 2.14. The number of anilines is 2. The van der Waals surface area contributed by atoms with E-state index in [1.54, 1.807) is 18.4 Å². The molecule has 7 nitrogen and oxygen atoms in total. The van der Waals surface area contributed by atoms with Crippen LogP contribution in [0.25, 0.3) is 0 Å². The van der Waals surface area contributed by atoms with Gasteiger partial charge in [0.2, 0.25) is 0 Å². The molecule has 0 bridgehead atoms. The second kappa shape index (κ2) is 8.60. The molecule has 1 aromatic carbocycles. The molecule has 0 aliphatic carbocycles. The van der Waals surface area contributed by atoms with E-state index in [9.17, 15) is 9.59 Å². The van der Waals surface area contributed by atoms with Gasteiger partial charge in [-0.05, 0) is 55.3 Å². The monoisotopic (exact) mass is 390 g/mol. The van der Waals surface area contributed by atoms with E-state index in [0.717, 1.165) is 18.8 Å². The summed E-state index contributed by atoms with van der Waals surface area (Å²) in [5, 5.41) is 5.59. The highest BCUT2D eigenvalue weighted by molar-refractivity contribution is 6.05. The van der Waals surface area contributed by atoms with Gasteiger partial charge in [0.05, 0.1) is 23.9 Å². The second-order valence-electron chi connectivity index (χ2n) is 6.92. The second-order valence-corrected chi connectivity index (χ2v) is 6.92. The predicted octanol–water partition coefficient (Wildman–Crippen LogP) is 3.46. The number of carbonyl (C=O) groups excluding carboxylic acids is 2. The van der Waals surface area contributed by atoms with Gasteiger partial charge in [-0.15, -0.1) is 0 Å². The van der Waals surface area contributed by atoms with Crippen LogP contribution in [0.1, 0.15) is 39.3 Å². The number of aromatic nitrogens is 1. The Balaban J connectivity index is 1.38. The van der Waals surface area contributed by atoms with Crippen molar-refractivity contribution >= 4 is 23.2 Å². The Kier molecular flexibility index (Phi) is 5.56. The zero-order valence-electron chi connectivity index (χ0n) is 15.9. The summed E-state index contributed by atoms with van der Waals surface area (Å²) in [7, 11) is 0. The fraction of sp³-hybridized carbons (Fsp3) is 0.227. The summed E-state index contributed by atoms with van der Waals surface area (Å²) < 4.78 is 5.19. The van der Waals surface area contributed by atoms with Crippen molar-refractivity contribution in [3.05, 3.63) is 78.0 Å². The number of benzene rings is 1. The van der Waals surface area contributed by atoms with Gasteiger partial charge < -0.3 is 20.0 Å². The molecule has 4 rings (SSSR count). The Bertz CT molecular complexity index is 978. The SMILES string of the molecule is O=C(NCc1ccco1)c1cncc(C(=O)Nc2ccc(N3CCCC3)cc2)c1. The zero-order chi connectivity index (χ0) is 20.1. The quantitative estimate of drug-likeness (QED) is 0.673. The minimum absolute atomic E-state index is 0.269. The summed E-state index contributed by atoms with van der Waals surface area (Å²) in [5.41, 5.74) is 2.50. The molecule has 1 aliphatic rings. The molecule has 2 N–H and O–H groups in total. The summed E-state index contributed by atoms with van der Waals surface area (Å²) in [6.45, 7) is 2.42. The van der Waals surface area contributed by atoms with Gasteiger partial charge in [-0.25, -0.2) is 0 Å². The van der Waals surface area contributed by atoms with Crippen molar-refractivity contribution < 1.29 is 14.0 Å². The van der Waals surface area contributed by atoms with Crippen LogP contribution < -0.4 is 15.5 Å². The molecule has 3 heterocycles. The topological polar surface area (TPSA) is 87.5 Å². The molecule has 0 unspecified atom stereocenters. The van der Waals surface area contributed by atoms with E-state index in [1.807, 2.05) is 24.3 Å². The van der Waals surface area contributed by atoms with Crippen LogP contribution in [-0.2, 0) is 6.54 Å². The lowest BCUT2D eigenvalue weighted by atomic mass is 10.1. The lowest BCUT2D eigenvalue weighted by molar-refractivity contribution is 0.0947. The van der Waals surface area contributed by atoms with Crippen LogP contribution in [0.5, 0.6) is 0 Å². The molecule has 7 heteroatoms. The maximum atomic E-state index is 12.6. The van der Waals surface area contributed by atoms with Crippen molar-refractivity contribution in [3.8, 4) is 0 Å². The fourth-order valence-corrected chi connectivity index (χ4v) is 3.31.